The number of esters is 1. The zero-order valence-corrected chi connectivity index (χ0v) is 18.0. The fourth-order valence-corrected chi connectivity index (χ4v) is 3.50. The number of aromatic nitrogens is 1. The molecule has 0 bridgehead atoms. The van der Waals surface area contributed by atoms with Crippen LogP contribution in [0.3, 0.4) is 0 Å². The number of methoxy groups -OCH3 is 1. The zero-order valence-electron chi connectivity index (χ0n) is 18.0. The monoisotopic (exact) mass is 405 g/mol. The van der Waals surface area contributed by atoms with Crippen molar-refractivity contribution >= 4 is 5.97 Å². The van der Waals surface area contributed by atoms with E-state index in [1.54, 1.807) is 0 Å². The second-order valence-corrected chi connectivity index (χ2v) is 7.51. The normalized spacial score (nSPS) is 10.7. The van der Waals surface area contributed by atoms with Crippen LogP contribution in [0.2, 0.25) is 0 Å². The van der Waals surface area contributed by atoms with Gasteiger partial charge in [0.05, 0.1) is 7.11 Å². The van der Waals surface area contributed by atoms with Crippen molar-refractivity contribution in [3.63, 3.8) is 0 Å². The maximum atomic E-state index is 12.2. The molecule has 158 valence electrons. The number of carbonyl (C=O) groups excluding carboxylic acids is 1. The smallest absolute Gasteiger partial charge is 0.354 e. The lowest BCUT2D eigenvalue weighted by Crippen LogP contribution is -2.10. The van der Waals surface area contributed by atoms with E-state index >= 15 is 0 Å². The van der Waals surface area contributed by atoms with E-state index in [0.717, 1.165) is 35.4 Å². The standard InChI is InChI=1S/C26H31NO3/c1-3-4-5-6-10-17-27-19-23(18-25(27)26(28)29-2)22-13-15-24(16-14-22)30-20-21-11-8-7-9-12-21/h7-9,11-16,18-19H,3-6,10,17,20H2,1-2H3. The fraction of sp³-hybridized carbons (Fsp3) is 0.346. The van der Waals surface area contributed by atoms with Crippen LogP contribution in [0.1, 0.15) is 55.1 Å². The molecule has 0 aliphatic carbocycles. The lowest BCUT2D eigenvalue weighted by Gasteiger charge is -2.07. The van der Waals surface area contributed by atoms with Crippen molar-refractivity contribution < 1.29 is 14.3 Å². The third-order valence-corrected chi connectivity index (χ3v) is 5.23. The van der Waals surface area contributed by atoms with Crippen molar-refractivity contribution in [1.82, 2.24) is 4.57 Å². The van der Waals surface area contributed by atoms with Crippen LogP contribution in [0.4, 0.5) is 0 Å². The van der Waals surface area contributed by atoms with E-state index in [1.807, 2.05) is 71.4 Å². The molecule has 0 saturated carbocycles. The van der Waals surface area contributed by atoms with Gasteiger partial charge in [-0.25, -0.2) is 4.79 Å². The van der Waals surface area contributed by atoms with Gasteiger partial charge in [0.1, 0.15) is 18.1 Å². The summed E-state index contributed by atoms with van der Waals surface area (Å²) in [6.45, 7) is 3.58. The SMILES string of the molecule is CCCCCCCn1cc(-c2ccc(OCc3ccccc3)cc2)cc1C(=O)OC. The number of hydrogen-bond donors (Lipinski definition) is 0. The van der Waals surface area contributed by atoms with Gasteiger partial charge in [-0.05, 0) is 35.7 Å². The van der Waals surface area contributed by atoms with Gasteiger partial charge >= 0.3 is 5.97 Å². The summed E-state index contributed by atoms with van der Waals surface area (Å²) in [5.74, 6) is 0.531. The molecule has 0 aliphatic rings. The summed E-state index contributed by atoms with van der Waals surface area (Å²) in [4.78, 5) is 12.2. The Kier molecular flexibility index (Phi) is 8.13. The fourth-order valence-electron chi connectivity index (χ4n) is 3.50. The predicted octanol–water partition coefficient (Wildman–Crippen LogP) is 6.49. The highest BCUT2D eigenvalue weighted by atomic mass is 16.5. The third kappa shape index (κ3) is 5.99. The second-order valence-electron chi connectivity index (χ2n) is 7.51. The molecule has 0 amide bonds. The molecule has 2 aromatic carbocycles. The number of rotatable bonds is 11. The minimum absolute atomic E-state index is 0.294. The molecule has 1 heterocycles. The summed E-state index contributed by atoms with van der Waals surface area (Å²) in [5, 5.41) is 0. The number of ether oxygens (including phenoxy) is 2. The Bertz CT molecular complexity index is 913. The van der Waals surface area contributed by atoms with Gasteiger partial charge in [-0.3, -0.25) is 0 Å². The van der Waals surface area contributed by atoms with Crippen LogP contribution in [0, 0.1) is 0 Å². The number of carbonyl (C=O) groups is 1. The molecule has 0 saturated heterocycles. The first-order valence-corrected chi connectivity index (χ1v) is 10.8. The van der Waals surface area contributed by atoms with E-state index in [2.05, 4.69) is 6.92 Å². The van der Waals surface area contributed by atoms with Crippen LogP contribution in [0.15, 0.2) is 66.9 Å². The molecule has 0 aliphatic heterocycles. The van der Waals surface area contributed by atoms with Gasteiger partial charge in [0, 0.05) is 18.3 Å². The summed E-state index contributed by atoms with van der Waals surface area (Å²) in [7, 11) is 1.43. The molecule has 0 atom stereocenters. The Balaban J connectivity index is 1.67. The summed E-state index contributed by atoms with van der Waals surface area (Å²) < 4.78 is 12.9. The summed E-state index contributed by atoms with van der Waals surface area (Å²) in [5.41, 5.74) is 3.81. The van der Waals surface area contributed by atoms with Crippen molar-refractivity contribution in [2.24, 2.45) is 0 Å². The first-order valence-electron chi connectivity index (χ1n) is 10.8. The quantitative estimate of drug-likeness (QED) is 0.270. The lowest BCUT2D eigenvalue weighted by atomic mass is 10.1. The van der Waals surface area contributed by atoms with Crippen LogP contribution in [0.25, 0.3) is 11.1 Å². The van der Waals surface area contributed by atoms with Crippen LogP contribution >= 0.6 is 0 Å². The van der Waals surface area contributed by atoms with Crippen molar-refractivity contribution in [3.8, 4) is 16.9 Å². The van der Waals surface area contributed by atoms with Crippen LogP contribution in [-0.4, -0.2) is 17.6 Å². The van der Waals surface area contributed by atoms with Gasteiger partial charge in [-0.1, -0.05) is 75.1 Å². The molecule has 1 aromatic heterocycles. The number of unbranched alkanes of at least 4 members (excludes halogenated alkanes) is 4. The van der Waals surface area contributed by atoms with Gasteiger partial charge < -0.3 is 14.0 Å². The second kappa shape index (κ2) is 11.2. The Morgan fingerprint density at radius 2 is 1.63 bits per heavy atom. The molecule has 3 aromatic rings. The Hall–Kier alpha value is -3.01. The lowest BCUT2D eigenvalue weighted by molar-refractivity contribution is 0.0588. The minimum Gasteiger partial charge on any atom is -0.489 e. The van der Waals surface area contributed by atoms with Crippen molar-refractivity contribution in [1.29, 1.82) is 0 Å². The van der Waals surface area contributed by atoms with Crippen LogP contribution in [-0.2, 0) is 17.9 Å². The molecule has 0 N–H and O–H groups in total. The van der Waals surface area contributed by atoms with E-state index in [-0.39, 0.29) is 5.97 Å². The molecule has 4 heteroatoms. The largest absolute Gasteiger partial charge is 0.489 e. The van der Waals surface area contributed by atoms with Crippen molar-refractivity contribution in [3.05, 3.63) is 78.1 Å². The molecule has 0 radical (unpaired) electrons. The van der Waals surface area contributed by atoms with Crippen molar-refractivity contribution in [2.75, 3.05) is 7.11 Å². The van der Waals surface area contributed by atoms with E-state index < -0.39 is 0 Å². The molecular weight excluding hydrogens is 374 g/mol. The Morgan fingerprint density at radius 1 is 0.900 bits per heavy atom. The number of aryl methyl sites for hydroxylation is 1. The average molecular weight is 406 g/mol. The molecular formula is C26H31NO3. The van der Waals surface area contributed by atoms with Gasteiger partial charge in [0.25, 0.3) is 0 Å². The maximum Gasteiger partial charge on any atom is 0.354 e. The molecule has 0 unspecified atom stereocenters. The summed E-state index contributed by atoms with van der Waals surface area (Å²) in [6.07, 6.45) is 8.01. The van der Waals surface area contributed by atoms with Gasteiger partial charge in [-0.15, -0.1) is 0 Å². The van der Waals surface area contributed by atoms with Crippen LogP contribution < -0.4 is 4.74 Å². The highest BCUT2D eigenvalue weighted by Gasteiger charge is 2.15. The molecule has 3 rings (SSSR count). The zero-order chi connectivity index (χ0) is 21.2. The minimum atomic E-state index is -0.294. The topological polar surface area (TPSA) is 40.5 Å². The first kappa shape index (κ1) is 21.7. The highest BCUT2D eigenvalue weighted by molar-refractivity contribution is 5.89. The molecule has 0 fully saturated rings. The molecule has 4 nitrogen and oxygen atoms in total. The van der Waals surface area contributed by atoms with Gasteiger partial charge in [0.15, 0.2) is 0 Å². The number of nitrogens with zero attached hydrogens (tertiary/aromatic N) is 1. The molecule has 0 spiro atoms. The van der Waals surface area contributed by atoms with E-state index in [9.17, 15) is 4.79 Å². The number of benzene rings is 2. The number of hydrogen-bond acceptors (Lipinski definition) is 3. The Labute approximate surface area is 179 Å². The Morgan fingerprint density at radius 3 is 2.33 bits per heavy atom. The van der Waals surface area contributed by atoms with E-state index in [0.29, 0.717) is 12.3 Å². The third-order valence-electron chi connectivity index (χ3n) is 5.23. The van der Waals surface area contributed by atoms with E-state index in [4.69, 9.17) is 9.47 Å². The summed E-state index contributed by atoms with van der Waals surface area (Å²) in [6, 6.07) is 20.0. The van der Waals surface area contributed by atoms with Crippen molar-refractivity contribution in [2.45, 2.75) is 52.2 Å². The molecule has 30 heavy (non-hydrogen) atoms. The van der Waals surface area contributed by atoms with E-state index in [1.165, 1.54) is 32.8 Å². The van der Waals surface area contributed by atoms with Gasteiger partial charge in [0.2, 0.25) is 0 Å². The maximum absolute atomic E-state index is 12.2. The predicted molar refractivity (Wildman–Crippen MR) is 121 cm³/mol. The first-order chi connectivity index (χ1) is 14.7. The highest BCUT2D eigenvalue weighted by Crippen LogP contribution is 2.26. The average Bonchev–Trinajstić information content (AvgIpc) is 3.22. The van der Waals surface area contributed by atoms with Gasteiger partial charge in [-0.2, -0.15) is 0 Å². The summed E-state index contributed by atoms with van der Waals surface area (Å²) >= 11 is 0. The van der Waals surface area contributed by atoms with Crippen LogP contribution in [0.5, 0.6) is 5.75 Å².